The summed E-state index contributed by atoms with van der Waals surface area (Å²) in [6.45, 7) is 2.24. The van der Waals surface area contributed by atoms with E-state index in [1.807, 2.05) is 18.2 Å². The standard InChI is InChI=1S/C17H25NO3/c19-13-17(18-15-6-7-15,14-4-2-1-3-5-14)9-11-21-16-8-10-20-12-16/h1-5,15-16,18-19H,6-13H2. The van der Waals surface area contributed by atoms with Gasteiger partial charge in [-0.3, -0.25) is 0 Å². The van der Waals surface area contributed by atoms with Crippen LogP contribution in [0.2, 0.25) is 0 Å². The van der Waals surface area contributed by atoms with Crippen LogP contribution in [-0.4, -0.2) is 43.7 Å². The van der Waals surface area contributed by atoms with E-state index in [1.165, 1.54) is 12.8 Å². The summed E-state index contributed by atoms with van der Waals surface area (Å²) in [5.74, 6) is 0. The Morgan fingerprint density at radius 3 is 2.67 bits per heavy atom. The van der Waals surface area contributed by atoms with E-state index in [0.717, 1.165) is 25.0 Å². The zero-order valence-corrected chi connectivity index (χ0v) is 12.5. The van der Waals surface area contributed by atoms with E-state index < -0.39 is 0 Å². The molecule has 21 heavy (non-hydrogen) atoms. The molecular formula is C17H25NO3. The third-order valence-corrected chi connectivity index (χ3v) is 4.42. The van der Waals surface area contributed by atoms with Gasteiger partial charge in [0.1, 0.15) is 0 Å². The van der Waals surface area contributed by atoms with Crippen LogP contribution >= 0.6 is 0 Å². The average molecular weight is 291 g/mol. The van der Waals surface area contributed by atoms with Crippen molar-refractivity contribution >= 4 is 0 Å². The third-order valence-electron chi connectivity index (χ3n) is 4.42. The second-order valence-electron chi connectivity index (χ2n) is 6.13. The maximum absolute atomic E-state index is 10.1. The fourth-order valence-electron chi connectivity index (χ4n) is 2.94. The molecule has 1 aliphatic carbocycles. The molecule has 1 aromatic carbocycles. The van der Waals surface area contributed by atoms with Crippen molar-refractivity contribution in [1.82, 2.24) is 5.32 Å². The van der Waals surface area contributed by atoms with E-state index in [2.05, 4.69) is 17.4 Å². The molecule has 1 saturated heterocycles. The Labute approximate surface area is 126 Å². The molecule has 0 spiro atoms. The molecule has 1 aromatic rings. The molecule has 2 atom stereocenters. The van der Waals surface area contributed by atoms with Crippen LogP contribution in [-0.2, 0) is 15.0 Å². The summed E-state index contributed by atoms with van der Waals surface area (Å²) in [5, 5.41) is 13.7. The lowest BCUT2D eigenvalue weighted by molar-refractivity contribution is 0.0203. The van der Waals surface area contributed by atoms with Gasteiger partial charge in [0, 0.05) is 19.3 Å². The van der Waals surface area contributed by atoms with Crippen LogP contribution in [0.5, 0.6) is 0 Å². The van der Waals surface area contributed by atoms with Crippen LogP contribution in [0.15, 0.2) is 30.3 Å². The van der Waals surface area contributed by atoms with Crippen molar-refractivity contribution in [2.24, 2.45) is 0 Å². The molecule has 0 radical (unpaired) electrons. The minimum Gasteiger partial charge on any atom is -0.394 e. The summed E-state index contributed by atoms with van der Waals surface area (Å²) in [7, 11) is 0. The summed E-state index contributed by atoms with van der Waals surface area (Å²) in [5.41, 5.74) is 0.757. The van der Waals surface area contributed by atoms with Gasteiger partial charge in [-0.2, -0.15) is 0 Å². The first kappa shape index (κ1) is 15.0. The molecule has 1 heterocycles. The Morgan fingerprint density at radius 2 is 2.05 bits per heavy atom. The highest BCUT2D eigenvalue weighted by Crippen LogP contribution is 2.31. The van der Waals surface area contributed by atoms with E-state index in [9.17, 15) is 5.11 Å². The molecule has 3 rings (SSSR count). The molecule has 2 N–H and O–H groups in total. The number of benzene rings is 1. The number of nitrogens with one attached hydrogen (secondary N) is 1. The van der Waals surface area contributed by atoms with Crippen molar-refractivity contribution in [2.45, 2.75) is 43.4 Å². The van der Waals surface area contributed by atoms with Crippen LogP contribution in [0.3, 0.4) is 0 Å². The molecule has 1 saturated carbocycles. The topological polar surface area (TPSA) is 50.7 Å². The van der Waals surface area contributed by atoms with E-state index in [4.69, 9.17) is 9.47 Å². The number of hydrogen-bond acceptors (Lipinski definition) is 4. The Hall–Kier alpha value is -0.940. The fraction of sp³-hybridized carbons (Fsp3) is 0.647. The molecule has 1 aliphatic heterocycles. The molecule has 0 amide bonds. The number of hydrogen-bond donors (Lipinski definition) is 2. The first-order chi connectivity index (χ1) is 10.3. The predicted octanol–water partition coefficient (Wildman–Crippen LogP) is 1.82. The fourth-order valence-corrected chi connectivity index (χ4v) is 2.94. The monoisotopic (exact) mass is 291 g/mol. The normalized spacial score (nSPS) is 24.9. The van der Waals surface area contributed by atoms with Crippen LogP contribution < -0.4 is 5.32 Å². The average Bonchev–Trinajstić information content (AvgIpc) is 3.19. The van der Waals surface area contributed by atoms with Crippen LogP contribution in [0, 0.1) is 0 Å². The molecule has 2 fully saturated rings. The minimum atomic E-state index is -0.387. The number of aliphatic hydroxyl groups is 1. The van der Waals surface area contributed by atoms with Gasteiger partial charge in [-0.15, -0.1) is 0 Å². The molecule has 2 aliphatic rings. The smallest absolute Gasteiger partial charge is 0.0830 e. The third kappa shape index (κ3) is 3.83. The Bertz CT molecular complexity index is 429. The predicted molar refractivity (Wildman–Crippen MR) is 81.2 cm³/mol. The summed E-state index contributed by atoms with van der Waals surface area (Å²) in [6, 6.07) is 10.8. The van der Waals surface area contributed by atoms with Crippen LogP contribution in [0.4, 0.5) is 0 Å². The number of aliphatic hydroxyl groups excluding tert-OH is 1. The lowest BCUT2D eigenvalue weighted by atomic mass is 9.87. The maximum Gasteiger partial charge on any atom is 0.0830 e. The van der Waals surface area contributed by atoms with Gasteiger partial charge in [0.05, 0.1) is 24.9 Å². The second kappa shape index (κ2) is 6.88. The van der Waals surface area contributed by atoms with Crippen molar-refractivity contribution in [3.05, 3.63) is 35.9 Å². The highest BCUT2D eigenvalue weighted by atomic mass is 16.5. The van der Waals surface area contributed by atoms with Crippen LogP contribution in [0.25, 0.3) is 0 Å². The van der Waals surface area contributed by atoms with E-state index in [0.29, 0.717) is 19.3 Å². The Kier molecular flexibility index (Phi) is 4.91. The summed E-state index contributed by atoms with van der Waals surface area (Å²) in [4.78, 5) is 0. The maximum atomic E-state index is 10.1. The first-order valence-corrected chi connectivity index (χ1v) is 7.96. The number of ether oxygens (including phenoxy) is 2. The molecule has 116 valence electrons. The molecule has 4 nitrogen and oxygen atoms in total. The highest BCUT2D eigenvalue weighted by Gasteiger charge is 2.37. The van der Waals surface area contributed by atoms with Gasteiger partial charge in [0.25, 0.3) is 0 Å². The lowest BCUT2D eigenvalue weighted by Crippen LogP contribution is -2.48. The Morgan fingerprint density at radius 1 is 1.24 bits per heavy atom. The minimum absolute atomic E-state index is 0.0953. The van der Waals surface area contributed by atoms with Gasteiger partial charge in [0.15, 0.2) is 0 Å². The van der Waals surface area contributed by atoms with E-state index in [-0.39, 0.29) is 18.2 Å². The first-order valence-electron chi connectivity index (χ1n) is 7.96. The van der Waals surface area contributed by atoms with Crippen molar-refractivity contribution in [3.8, 4) is 0 Å². The molecule has 0 aromatic heterocycles. The van der Waals surface area contributed by atoms with Crippen molar-refractivity contribution in [1.29, 1.82) is 0 Å². The quantitative estimate of drug-likeness (QED) is 0.767. The van der Waals surface area contributed by atoms with Gasteiger partial charge in [-0.05, 0) is 31.2 Å². The zero-order chi connectivity index (χ0) is 14.5. The molecule has 4 heteroatoms. The molecule has 0 bridgehead atoms. The van der Waals surface area contributed by atoms with E-state index in [1.54, 1.807) is 0 Å². The second-order valence-corrected chi connectivity index (χ2v) is 6.13. The van der Waals surface area contributed by atoms with Crippen molar-refractivity contribution in [2.75, 3.05) is 26.4 Å². The van der Waals surface area contributed by atoms with Gasteiger partial charge < -0.3 is 19.9 Å². The highest BCUT2D eigenvalue weighted by molar-refractivity contribution is 5.25. The Balaban J connectivity index is 1.65. The lowest BCUT2D eigenvalue weighted by Gasteiger charge is -2.34. The van der Waals surface area contributed by atoms with Crippen molar-refractivity contribution in [3.63, 3.8) is 0 Å². The summed E-state index contributed by atoms with van der Waals surface area (Å²) < 4.78 is 11.2. The van der Waals surface area contributed by atoms with E-state index >= 15 is 0 Å². The largest absolute Gasteiger partial charge is 0.394 e. The summed E-state index contributed by atoms with van der Waals surface area (Å²) >= 11 is 0. The van der Waals surface area contributed by atoms with Gasteiger partial charge >= 0.3 is 0 Å². The molecular weight excluding hydrogens is 266 g/mol. The van der Waals surface area contributed by atoms with Crippen LogP contribution in [0.1, 0.15) is 31.2 Å². The van der Waals surface area contributed by atoms with Gasteiger partial charge in [-0.25, -0.2) is 0 Å². The number of rotatable bonds is 8. The molecule has 2 unspecified atom stereocenters. The SMILES string of the molecule is OCC(CCOC1CCOC1)(NC1CC1)c1ccccc1. The van der Waals surface area contributed by atoms with Gasteiger partial charge in [0.2, 0.25) is 0 Å². The van der Waals surface area contributed by atoms with Crippen molar-refractivity contribution < 1.29 is 14.6 Å². The zero-order valence-electron chi connectivity index (χ0n) is 12.5. The summed E-state index contributed by atoms with van der Waals surface area (Å²) in [6.07, 6.45) is 4.38. The van der Waals surface area contributed by atoms with Gasteiger partial charge in [-0.1, -0.05) is 30.3 Å².